The van der Waals surface area contributed by atoms with Gasteiger partial charge < -0.3 is 14.7 Å². The molecule has 1 amide bonds. The summed E-state index contributed by atoms with van der Waals surface area (Å²) in [6.45, 7) is 2.22. The summed E-state index contributed by atoms with van der Waals surface area (Å²) in [4.78, 5) is 29.7. The van der Waals surface area contributed by atoms with Crippen LogP contribution in [0, 0.1) is 0 Å². The minimum absolute atomic E-state index is 0. The summed E-state index contributed by atoms with van der Waals surface area (Å²) in [7, 11) is 1.58. The average Bonchev–Trinajstić information content (AvgIpc) is 2.73. The van der Waals surface area contributed by atoms with Gasteiger partial charge >= 0.3 is 0 Å². The van der Waals surface area contributed by atoms with Crippen molar-refractivity contribution in [1.82, 2.24) is 9.88 Å². The molecule has 0 aliphatic carbocycles. The summed E-state index contributed by atoms with van der Waals surface area (Å²) in [5.74, 6) is -1.34. The van der Waals surface area contributed by atoms with E-state index in [1.165, 1.54) is 11.8 Å². The standard InChI is InChI=1S/C15H18N2O4.ClH/c1-10(18)12-13(11-6-3-4-7-16-11)17(8-5-9-21-2)15(20)14(12)19;/h3-4,6-7,13,19H,5,8-9H2,1-2H3;1H. The normalized spacial score (nSPS) is 17.6. The van der Waals surface area contributed by atoms with Crippen LogP contribution in [0.4, 0.5) is 0 Å². The number of aliphatic hydroxyl groups is 1. The van der Waals surface area contributed by atoms with Crippen molar-refractivity contribution in [3.63, 3.8) is 0 Å². The smallest absolute Gasteiger partial charge is 0.290 e. The van der Waals surface area contributed by atoms with Gasteiger partial charge in [-0.1, -0.05) is 6.07 Å². The molecule has 0 saturated heterocycles. The van der Waals surface area contributed by atoms with Crippen molar-refractivity contribution in [3.8, 4) is 0 Å². The number of Topliss-reactive ketones (excluding diaryl/α,β-unsaturated/α-hetero) is 1. The van der Waals surface area contributed by atoms with E-state index < -0.39 is 17.7 Å². The molecule has 0 aromatic carbocycles. The lowest BCUT2D eigenvalue weighted by Gasteiger charge is -2.25. The number of nitrogens with zero attached hydrogens (tertiary/aromatic N) is 2. The number of aromatic nitrogens is 1. The second-order valence-corrected chi connectivity index (χ2v) is 4.82. The zero-order valence-corrected chi connectivity index (χ0v) is 13.3. The Morgan fingerprint density at radius 1 is 1.45 bits per heavy atom. The van der Waals surface area contributed by atoms with E-state index in [-0.39, 0.29) is 23.8 Å². The Bertz CT molecular complexity index is 574. The summed E-state index contributed by atoms with van der Waals surface area (Å²) in [5.41, 5.74) is 0.675. The van der Waals surface area contributed by atoms with E-state index in [4.69, 9.17) is 4.74 Å². The monoisotopic (exact) mass is 326 g/mol. The quantitative estimate of drug-likeness (QED) is 0.807. The van der Waals surface area contributed by atoms with Gasteiger partial charge in [-0.05, 0) is 25.5 Å². The second-order valence-electron chi connectivity index (χ2n) is 4.82. The topological polar surface area (TPSA) is 79.7 Å². The Morgan fingerprint density at radius 2 is 2.18 bits per heavy atom. The van der Waals surface area contributed by atoms with Crippen molar-refractivity contribution in [3.05, 3.63) is 41.4 Å². The molecule has 1 aromatic heterocycles. The molecule has 22 heavy (non-hydrogen) atoms. The summed E-state index contributed by atoms with van der Waals surface area (Å²) < 4.78 is 4.98. The van der Waals surface area contributed by atoms with Crippen LogP contribution in [0.1, 0.15) is 25.1 Å². The first-order chi connectivity index (χ1) is 10.1. The number of methoxy groups -OCH3 is 1. The van der Waals surface area contributed by atoms with Crippen molar-refractivity contribution >= 4 is 24.1 Å². The minimum atomic E-state index is -0.631. The van der Waals surface area contributed by atoms with Crippen LogP contribution in [0.15, 0.2) is 35.7 Å². The zero-order valence-electron chi connectivity index (χ0n) is 12.5. The number of pyridine rings is 1. The Balaban J connectivity index is 0.00000242. The van der Waals surface area contributed by atoms with Crippen LogP contribution in [0.3, 0.4) is 0 Å². The molecule has 1 unspecified atom stereocenters. The Kier molecular flexibility index (Phi) is 6.52. The third kappa shape index (κ3) is 3.45. The van der Waals surface area contributed by atoms with Crippen LogP contribution in [0.5, 0.6) is 0 Å². The predicted molar refractivity (Wildman–Crippen MR) is 82.8 cm³/mol. The number of halogens is 1. The summed E-state index contributed by atoms with van der Waals surface area (Å²) in [6, 6.07) is 4.65. The summed E-state index contributed by atoms with van der Waals surface area (Å²) in [5, 5.41) is 10.00. The average molecular weight is 327 g/mol. The molecule has 1 atom stereocenters. The summed E-state index contributed by atoms with van der Waals surface area (Å²) >= 11 is 0. The summed E-state index contributed by atoms with van der Waals surface area (Å²) in [6.07, 6.45) is 2.21. The lowest BCUT2D eigenvalue weighted by Crippen LogP contribution is -2.32. The first kappa shape index (κ1) is 18.1. The molecular weight excluding hydrogens is 308 g/mol. The van der Waals surface area contributed by atoms with Crippen LogP contribution < -0.4 is 0 Å². The van der Waals surface area contributed by atoms with E-state index >= 15 is 0 Å². The van der Waals surface area contributed by atoms with E-state index in [2.05, 4.69) is 4.98 Å². The van der Waals surface area contributed by atoms with Crippen LogP contribution in [-0.4, -0.2) is 46.9 Å². The van der Waals surface area contributed by atoms with Crippen LogP contribution in [0.25, 0.3) is 0 Å². The van der Waals surface area contributed by atoms with E-state index in [0.29, 0.717) is 25.3 Å². The van der Waals surface area contributed by atoms with Crippen molar-refractivity contribution in [2.75, 3.05) is 20.3 Å². The predicted octanol–water partition coefficient (Wildman–Crippen LogP) is 1.82. The molecule has 2 heterocycles. The highest BCUT2D eigenvalue weighted by Gasteiger charge is 2.42. The molecule has 0 spiro atoms. The largest absolute Gasteiger partial charge is 0.503 e. The van der Waals surface area contributed by atoms with Crippen molar-refractivity contribution in [2.24, 2.45) is 0 Å². The first-order valence-electron chi connectivity index (χ1n) is 6.72. The first-order valence-corrected chi connectivity index (χ1v) is 6.72. The molecule has 1 aliphatic rings. The molecule has 2 rings (SSSR count). The van der Waals surface area contributed by atoms with E-state index in [9.17, 15) is 14.7 Å². The van der Waals surface area contributed by atoms with Gasteiger partial charge in [0.1, 0.15) is 6.04 Å². The van der Waals surface area contributed by atoms with Crippen molar-refractivity contribution in [2.45, 2.75) is 19.4 Å². The third-order valence-electron chi connectivity index (χ3n) is 3.40. The van der Waals surface area contributed by atoms with E-state index in [1.54, 1.807) is 31.5 Å². The fourth-order valence-electron chi connectivity index (χ4n) is 2.47. The maximum atomic E-state index is 12.2. The number of hydrogen-bond acceptors (Lipinski definition) is 5. The number of amides is 1. The Labute approximate surface area is 135 Å². The molecule has 1 N–H and O–H groups in total. The fraction of sp³-hybridized carbons (Fsp3) is 0.400. The van der Waals surface area contributed by atoms with Gasteiger partial charge in [0.15, 0.2) is 11.5 Å². The van der Waals surface area contributed by atoms with Crippen LogP contribution in [-0.2, 0) is 14.3 Å². The highest BCUT2D eigenvalue weighted by Crippen LogP contribution is 2.36. The highest BCUT2D eigenvalue weighted by molar-refractivity contribution is 6.07. The highest BCUT2D eigenvalue weighted by atomic mass is 35.5. The Hall–Kier alpha value is -1.92. The molecular formula is C15H19ClN2O4. The molecule has 6 nitrogen and oxygen atoms in total. The van der Waals surface area contributed by atoms with Gasteiger partial charge in [-0.2, -0.15) is 0 Å². The second kappa shape index (κ2) is 7.91. The minimum Gasteiger partial charge on any atom is -0.503 e. The lowest BCUT2D eigenvalue weighted by atomic mass is 10.0. The number of carbonyl (C=O) groups is 2. The van der Waals surface area contributed by atoms with Gasteiger partial charge in [-0.25, -0.2) is 0 Å². The number of ketones is 1. The van der Waals surface area contributed by atoms with Crippen LogP contribution in [0.2, 0.25) is 0 Å². The van der Waals surface area contributed by atoms with Crippen LogP contribution >= 0.6 is 12.4 Å². The maximum absolute atomic E-state index is 12.2. The third-order valence-corrected chi connectivity index (χ3v) is 3.40. The van der Waals surface area contributed by atoms with Gasteiger partial charge in [0.2, 0.25) is 0 Å². The van der Waals surface area contributed by atoms with Gasteiger partial charge in [0.25, 0.3) is 5.91 Å². The van der Waals surface area contributed by atoms with Gasteiger partial charge in [0.05, 0.1) is 11.3 Å². The molecule has 0 saturated carbocycles. The Morgan fingerprint density at radius 3 is 2.73 bits per heavy atom. The molecule has 0 radical (unpaired) electrons. The van der Waals surface area contributed by atoms with Crippen molar-refractivity contribution in [1.29, 1.82) is 0 Å². The zero-order chi connectivity index (χ0) is 15.4. The molecule has 0 fully saturated rings. The number of rotatable bonds is 6. The maximum Gasteiger partial charge on any atom is 0.290 e. The van der Waals surface area contributed by atoms with Gasteiger partial charge in [-0.15, -0.1) is 12.4 Å². The molecule has 1 aliphatic heterocycles. The fourth-order valence-corrected chi connectivity index (χ4v) is 2.47. The van der Waals surface area contributed by atoms with E-state index in [1.807, 2.05) is 0 Å². The van der Waals surface area contributed by atoms with Gasteiger partial charge in [-0.3, -0.25) is 14.6 Å². The molecule has 0 bridgehead atoms. The molecule has 1 aromatic rings. The van der Waals surface area contributed by atoms with Crippen molar-refractivity contribution < 1.29 is 19.4 Å². The number of hydrogen-bond donors (Lipinski definition) is 1. The SMILES string of the molecule is COCCCN1C(=O)C(O)=C(C(C)=O)C1c1ccccn1.Cl. The lowest BCUT2D eigenvalue weighted by molar-refractivity contribution is -0.129. The van der Waals surface area contributed by atoms with Gasteiger partial charge in [0, 0.05) is 26.5 Å². The van der Waals surface area contributed by atoms with E-state index in [0.717, 1.165) is 0 Å². The molecule has 7 heteroatoms. The molecule has 120 valence electrons. The number of aliphatic hydroxyl groups excluding tert-OH is 1. The number of ether oxygens (including phenoxy) is 1. The number of carbonyl (C=O) groups excluding carboxylic acids is 2.